The van der Waals surface area contributed by atoms with Crippen molar-refractivity contribution in [3.8, 4) is 11.8 Å². The number of alkyl halides is 2. The summed E-state index contributed by atoms with van der Waals surface area (Å²) in [6.45, 7) is -1.73. The lowest BCUT2D eigenvalue weighted by Gasteiger charge is -2.37. The fraction of sp³-hybridized carbons (Fsp3) is 0.267. The Morgan fingerprint density at radius 2 is 1.52 bits per heavy atom. The van der Waals surface area contributed by atoms with Crippen LogP contribution in [0.25, 0.3) is 10.8 Å². The molecule has 3 aromatic carbocycles. The van der Waals surface area contributed by atoms with Gasteiger partial charge in [-0.15, -0.1) is 0 Å². The number of likely N-dealkylation sites (tertiary alicyclic amines) is 1. The number of nitrogens with one attached hydrogen (secondary N) is 3. The third kappa shape index (κ3) is 5.94. The van der Waals surface area contributed by atoms with Crippen molar-refractivity contribution in [1.82, 2.24) is 20.9 Å². The van der Waals surface area contributed by atoms with Gasteiger partial charge in [0.1, 0.15) is 0 Å². The minimum absolute atomic E-state index is 0.0633. The van der Waals surface area contributed by atoms with Crippen LogP contribution in [0.4, 0.5) is 8.78 Å². The van der Waals surface area contributed by atoms with E-state index < -0.39 is 42.3 Å². The summed E-state index contributed by atoms with van der Waals surface area (Å²) in [7, 11) is 0. The van der Waals surface area contributed by atoms with Gasteiger partial charge in [-0.05, 0) is 52.8 Å². The van der Waals surface area contributed by atoms with Crippen molar-refractivity contribution in [2.45, 2.75) is 30.8 Å². The SMILES string of the molecule is O=C(NCC#CC(=O)N1CC(F)(F)C1)C(=O)NCc1ccccc1C(=O)NC1(c2ccc3ccccc3c2)CC1. The fourth-order valence-corrected chi connectivity index (χ4v) is 4.59. The zero-order valence-corrected chi connectivity index (χ0v) is 21.4. The standard InChI is InChI=1S/C30H26F2N4O4/c31-30(32)18-36(19-30)25(37)10-5-15-33-27(39)28(40)34-17-22-8-3-4-9-24(22)26(38)35-29(13-14-29)23-12-11-20-6-1-2-7-21(20)16-23/h1-4,6-9,11-12,16H,13-15,17-19H2,(H,33,39)(H,34,40)(H,35,38). The first-order valence-electron chi connectivity index (χ1n) is 12.8. The summed E-state index contributed by atoms with van der Waals surface area (Å²) in [5.74, 6) is -1.36. The monoisotopic (exact) mass is 544 g/mol. The number of halogens is 2. The van der Waals surface area contributed by atoms with E-state index in [9.17, 15) is 28.0 Å². The number of carbonyl (C=O) groups is 4. The molecule has 40 heavy (non-hydrogen) atoms. The van der Waals surface area contributed by atoms with Gasteiger partial charge in [-0.2, -0.15) is 0 Å². The molecule has 0 spiro atoms. The average Bonchev–Trinajstić information content (AvgIpc) is 3.72. The van der Waals surface area contributed by atoms with E-state index in [0.29, 0.717) is 11.1 Å². The van der Waals surface area contributed by atoms with Gasteiger partial charge in [0.15, 0.2) is 0 Å². The molecule has 3 N–H and O–H groups in total. The molecule has 8 nitrogen and oxygen atoms in total. The van der Waals surface area contributed by atoms with Crippen LogP contribution in [-0.2, 0) is 26.5 Å². The highest BCUT2D eigenvalue weighted by atomic mass is 19.3. The molecule has 0 unspecified atom stereocenters. The van der Waals surface area contributed by atoms with Crippen LogP contribution in [0.15, 0.2) is 66.7 Å². The molecule has 0 atom stereocenters. The predicted octanol–water partition coefficient (Wildman–Crippen LogP) is 2.47. The number of rotatable bonds is 6. The maximum atomic E-state index is 13.3. The molecule has 1 aliphatic carbocycles. The van der Waals surface area contributed by atoms with Crippen LogP contribution >= 0.6 is 0 Å². The quantitative estimate of drug-likeness (QED) is 0.327. The summed E-state index contributed by atoms with van der Waals surface area (Å²) in [6, 6.07) is 21.0. The van der Waals surface area contributed by atoms with Crippen molar-refractivity contribution in [3.63, 3.8) is 0 Å². The number of nitrogens with zero attached hydrogens (tertiary/aromatic N) is 1. The summed E-state index contributed by atoms with van der Waals surface area (Å²) in [5.41, 5.74) is 1.51. The Morgan fingerprint density at radius 3 is 2.25 bits per heavy atom. The van der Waals surface area contributed by atoms with Gasteiger partial charge in [0.05, 0.1) is 25.2 Å². The molecule has 0 bridgehead atoms. The van der Waals surface area contributed by atoms with Crippen LogP contribution in [0.5, 0.6) is 0 Å². The van der Waals surface area contributed by atoms with Gasteiger partial charge in [0, 0.05) is 12.1 Å². The van der Waals surface area contributed by atoms with E-state index in [1.54, 1.807) is 24.3 Å². The van der Waals surface area contributed by atoms with Crippen molar-refractivity contribution in [2.24, 2.45) is 0 Å². The Balaban J connectivity index is 1.14. The zero-order valence-electron chi connectivity index (χ0n) is 21.4. The second kappa shape index (κ2) is 10.8. The van der Waals surface area contributed by atoms with E-state index in [2.05, 4.69) is 33.9 Å². The molecule has 2 fully saturated rings. The van der Waals surface area contributed by atoms with Crippen LogP contribution in [0, 0.1) is 11.8 Å². The van der Waals surface area contributed by atoms with Crippen LogP contribution in [0.3, 0.4) is 0 Å². The maximum Gasteiger partial charge on any atom is 0.310 e. The van der Waals surface area contributed by atoms with Crippen molar-refractivity contribution < 1.29 is 28.0 Å². The number of hydrogen-bond donors (Lipinski definition) is 3. The first-order chi connectivity index (χ1) is 19.2. The highest BCUT2D eigenvalue weighted by molar-refractivity contribution is 6.35. The third-order valence-corrected chi connectivity index (χ3v) is 6.98. The van der Waals surface area contributed by atoms with Gasteiger partial charge in [0.25, 0.3) is 17.7 Å². The highest BCUT2D eigenvalue weighted by Crippen LogP contribution is 2.46. The van der Waals surface area contributed by atoms with Gasteiger partial charge in [-0.1, -0.05) is 60.5 Å². The van der Waals surface area contributed by atoms with Gasteiger partial charge in [-0.25, -0.2) is 8.78 Å². The van der Waals surface area contributed by atoms with E-state index in [4.69, 9.17) is 0 Å². The Hall–Kier alpha value is -4.78. The average molecular weight is 545 g/mol. The van der Waals surface area contributed by atoms with Crippen LogP contribution in [-0.4, -0.2) is 54.1 Å². The van der Waals surface area contributed by atoms with Gasteiger partial charge >= 0.3 is 11.8 Å². The Bertz CT molecular complexity index is 1560. The van der Waals surface area contributed by atoms with E-state index in [1.807, 2.05) is 36.4 Å². The Kier molecular flexibility index (Phi) is 7.22. The summed E-state index contributed by atoms with van der Waals surface area (Å²) in [5, 5.41) is 10.1. The molecule has 1 saturated heterocycles. The molecule has 1 saturated carbocycles. The molecular formula is C30H26F2N4O4. The first kappa shape index (κ1) is 26.8. The van der Waals surface area contributed by atoms with E-state index >= 15 is 0 Å². The lowest BCUT2D eigenvalue weighted by molar-refractivity contribution is -0.160. The maximum absolute atomic E-state index is 13.3. The molecule has 1 heterocycles. The Morgan fingerprint density at radius 1 is 0.850 bits per heavy atom. The highest BCUT2D eigenvalue weighted by Gasteiger charge is 2.46. The second-order valence-corrected chi connectivity index (χ2v) is 9.94. The summed E-state index contributed by atoms with van der Waals surface area (Å²) >= 11 is 0. The number of carbonyl (C=O) groups excluding carboxylic acids is 4. The van der Waals surface area contributed by atoms with Gasteiger partial charge < -0.3 is 20.9 Å². The number of benzene rings is 3. The van der Waals surface area contributed by atoms with E-state index in [-0.39, 0.29) is 19.0 Å². The number of amides is 4. The summed E-state index contributed by atoms with van der Waals surface area (Å²) in [4.78, 5) is 50.2. The number of hydrogen-bond acceptors (Lipinski definition) is 4. The Labute approximate surface area is 229 Å². The molecule has 204 valence electrons. The topological polar surface area (TPSA) is 108 Å². The minimum atomic E-state index is -2.89. The minimum Gasteiger partial charge on any atom is -0.344 e. The molecule has 3 aromatic rings. The van der Waals surface area contributed by atoms with Gasteiger partial charge in [-0.3, -0.25) is 19.2 Å². The largest absolute Gasteiger partial charge is 0.344 e. The normalized spacial score (nSPS) is 16.1. The van der Waals surface area contributed by atoms with Crippen molar-refractivity contribution >= 4 is 34.4 Å². The molecular weight excluding hydrogens is 518 g/mol. The van der Waals surface area contributed by atoms with Crippen LogP contribution in [0.1, 0.15) is 34.3 Å². The van der Waals surface area contributed by atoms with Gasteiger partial charge in [0.2, 0.25) is 0 Å². The molecule has 1 aliphatic heterocycles. The zero-order chi connectivity index (χ0) is 28.3. The molecule has 4 amide bonds. The molecule has 2 aliphatic rings. The molecule has 5 rings (SSSR count). The lowest BCUT2D eigenvalue weighted by Crippen LogP contribution is -2.58. The lowest BCUT2D eigenvalue weighted by atomic mass is 9.99. The first-order valence-corrected chi connectivity index (χ1v) is 12.8. The molecule has 0 aromatic heterocycles. The van der Waals surface area contributed by atoms with E-state index in [0.717, 1.165) is 34.1 Å². The fourth-order valence-electron chi connectivity index (χ4n) is 4.59. The van der Waals surface area contributed by atoms with Crippen molar-refractivity contribution in [2.75, 3.05) is 19.6 Å². The molecule has 0 radical (unpaired) electrons. The predicted molar refractivity (Wildman–Crippen MR) is 143 cm³/mol. The number of fused-ring (bicyclic) bond motifs is 1. The summed E-state index contributed by atoms with van der Waals surface area (Å²) in [6.07, 6.45) is 1.63. The van der Waals surface area contributed by atoms with Crippen molar-refractivity contribution in [3.05, 3.63) is 83.4 Å². The van der Waals surface area contributed by atoms with E-state index in [1.165, 1.54) is 0 Å². The molecule has 10 heteroatoms. The smallest absolute Gasteiger partial charge is 0.310 e. The van der Waals surface area contributed by atoms with Crippen LogP contribution < -0.4 is 16.0 Å². The summed E-state index contributed by atoms with van der Waals surface area (Å²) < 4.78 is 25.6. The second-order valence-electron chi connectivity index (χ2n) is 9.94. The third-order valence-electron chi connectivity index (χ3n) is 6.98. The van der Waals surface area contributed by atoms with Crippen LogP contribution in [0.2, 0.25) is 0 Å². The van der Waals surface area contributed by atoms with Crippen molar-refractivity contribution in [1.29, 1.82) is 0 Å².